The summed E-state index contributed by atoms with van der Waals surface area (Å²) in [6.07, 6.45) is -0.0912. The highest BCUT2D eigenvalue weighted by atomic mass is 16.6. The molecule has 2 saturated heterocycles. The molecule has 2 atom stereocenters. The van der Waals surface area contributed by atoms with E-state index in [1.165, 1.54) is 13.1 Å². The van der Waals surface area contributed by atoms with Crippen LogP contribution in [0.1, 0.15) is 6.92 Å². The first-order valence-electron chi connectivity index (χ1n) is 8.13. The van der Waals surface area contributed by atoms with E-state index in [1.807, 2.05) is 24.3 Å². The zero-order chi connectivity index (χ0) is 17.8. The highest BCUT2D eigenvalue weighted by Crippen LogP contribution is 2.26. The van der Waals surface area contributed by atoms with Gasteiger partial charge in [-0.1, -0.05) is 0 Å². The Labute approximate surface area is 145 Å². The molecule has 0 radical (unpaired) electrons. The van der Waals surface area contributed by atoms with Gasteiger partial charge in [0.05, 0.1) is 32.0 Å². The summed E-state index contributed by atoms with van der Waals surface area (Å²) in [6, 6.07) is 7.36. The average Bonchev–Trinajstić information content (AvgIpc) is 2.96. The molecule has 0 aromatic heterocycles. The van der Waals surface area contributed by atoms with Gasteiger partial charge in [0.25, 0.3) is 5.91 Å². The van der Waals surface area contributed by atoms with Crippen LogP contribution in [0.4, 0.5) is 11.4 Å². The number of morpholine rings is 1. The molecule has 0 bridgehead atoms. The molecule has 1 aromatic carbocycles. The van der Waals surface area contributed by atoms with Crippen LogP contribution >= 0.6 is 0 Å². The summed E-state index contributed by atoms with van der Waals surface area (Å²) in [6.45, 7) is 3.36. The van der Waals surface area contributed by atoms with E-state index in [1.54, 1.807) is 9.80 Å². The molecule has 2 fully saturated rings. The molecule has 25 heavy (non-hydrogen) atoms. The molecule has 1 aromatic rings. The number of nitrogens with zero attached hydrogens (tertiary/aromatic N) is 3. The van der Waals surface area contributed by atoms with Gasteiger partial charge in [-0.2, -0.15) is 0 Å². The summed E-state index contributed by atoms with van der Waals surface area (Å²) in [5, 5.41) is 10.1. The van der Waals surface area contributed by atoms with E-state index in [9.17, 15) is 14.7 Å². The van der Waals surface area contributed by atoms with Gasteiger partial charge < -0.3 is 24.4 Å². The fourth-order valence-corrected chi connectivity index (χ4v) is 2.85. The number of aliphatic hydroxyl groups is 1. The van der Waals surface area contributed by atoms with Gasteiger partial charge in [-0.3, -0.25) is 14.6 Å². The summed E-state index contributed by atoms with van der Waals surface area (Å²) in [5.74, 6) is -0.185. The Kier molecular flexibility index (Phi) is 5.42. The SMILES string of the molecule is CC(=O)C=NCC1CN(c2ccc(N3CCOCC3=O)cc2)C(O)O1. The third-order valence-corrected chi connectivity index (χ3v) is 4.04. The maximum Gasteiger partial charge on any atom is 0.253 e. The van der Waals surface area contributed by atoms with Gasteiger partial charge in [-0.15, -0.1) is 0 Å². The standard InChI is InChI=1S/C17H21N3O5/c1-12(21)8-18-9-15-10-20(17(23)25-15)14-4-2-13(3-5-14)19-6-7-24-11-16(19)22/h2-5,8,15,17,23H,6-7,9-11H2,1H3. The lowest BCUT2D eigenvalue weighted by Gasteiger charge is -2.27. The highest BCUT2D eigenvalue weighted by Gasteiger charge is 2.31. The minimum atomic E-state index is -1.06. The third kappa shape index (κ3) is 4.22. The number of carbonyl (C=O) groups excluding carboxylic acids is 2. The second-order valence-electron chi connectivity index (χ2n) is 5.96. The number of rotatable bonds is 5. The van der Waals surface area contributed by atoms with Crippen molar-refractivity contribution in [1.82, 2.24) is 0 Å². The Balaban J connectivity index is 1.63. The van der Waals surface area contributed by atoms with E-state index in [0.29, 0.717) is 26.2 Å². The Hall–Kier alpha value is -2.29. The largest absolute Gasteiger partial charge is 0.370 e. The van der Waals surface area contributed by atoms with Crippen molar-refractivity contribution in [2.45, 2.75) is 19.4 Å². The molecule has 0 saturated carbocycles. The number of carbonyl (C=O) groups is 2. The molecule has 0 spiro atoms. The second kappa shape index (κ2) is 7.73. The van der Waals surface area contributed by atoms with Crippen molar-refractivity contribution in [3.63, 3.8) is 0 Å². The van der Waals surface area contributed by atoms with Gasteiger partial charge in [0.15, 0.2) is 5.78 Å². The van der Waals surface area contributed by atoms with E-state index in [2.05, 4.69) is 4.99 Å². The zero-order valence-electron chi connectivity index (χ0n) is 14.0. The number of ketones is 1. The maximum absolute atomic E-state index is 11.9. The van der Waals surface area contributed by atoms with E-state index >= 15 is 0 Å². The van der Waals surface area contributed by atoms with Crippen LogP contribution in [0.25, 0.3) is 0 Å². The average molecular weight is 347 g/mol. The number of aliphatic imine (C=N–C) groups is 1. The van der Waals surface area contributed by atoms with Gasteiger partial charge in [0.2, 0.25) is 6.41 Å². The van der Waals surface area contributed by atoms with Crippen molar-refractivity contribution in [2.75, 3.05) is 42.6 Å². The van der Waals surface area contributed by atoms with E-state index in [-0.39, 0.29) is 24.4 Å². The first-order valence-corrected chi connectivity index (χ1v) is 8.13. The van der Waals surface area contributed by atoms with Gasteiger partial charge in [-0.25, -0.2) is 0 Å². The van der Waals surface area contributed by atoms with Gasteiger partial charge in [-0.05, 0) is 24.3 Å². The summed E-state index contributed by atoms with van der Waals surface area (Å²) >= 11 is 0. The lowest BCUT2D eigenvalue weighted by molar-refractivity contribution is -0.125. The minimum Gasteiger partial charge on any atom is -0.370 e. The smallest absolute Gasteiger partial charge is 0.253 e. The highest BCUT2D eigenvalue weighted by molar-refractivity contribution is 6.26. The van der Waals surface area contributed by atoms with Crippen molar-refractivity contribution < 1.29 is 24.2 Å². The first kappa shape index (κ1) is 17.5. The Morgan fingerprint density at radius 1 is 1.36 bits per heavy atom. The molecule has 1 amide bonds. The first-order chi connectivity index (χ1) is 12.0. The Bertz CT molecular complexity index is 661. The van der Waals surface area contributed by atoms with Crippen molar-refractivity contribution in [2.24, 2.45) is 4.99 Å². The van der Waals surface area contributed by atoms with Crippen LogP contribution in [0.5, 0.6) is 0 Å². The lowest BCUT2D eigenvalue weighted by atomic mass is 10.2. The van der Waals surface area contributed by atoms with E-state index in [4.69, 9.17) is 9.47 Å². The van der Waals surface area contributed by atoms with Crippen molar-refractivity contribution >= 4 is 29.3 Å². The van der Waals surface area contributed by atoms with Crippen molar-refractivity contribution in [1.29, 1.82) is 0 Å². The monoisotopic (exact) mass is 347 g/mol. The van der Waals surface area contributed by atoms with Crippen LogP contribution in [-0.4, -0.2) is 68.4 Å². The number of ether oxygens (including phenoxy) is 2. The molecule has 2 heterocycles. The molecule has 8 heteroatoms. The van der Waals surface area contributed by atoms with Crippen LogP contribution < -0.4 is 9.80 Å². The number of hydrogen-bond acceptors (Lipinski definition) is 7. The molecule has 1 N–H and O–H groups in total. The van der Waals surface area contributed by atoms with Crippen molar-refractivity contribution in [3.05, 3.63) is 24.3 Å². The molecular formula is C17H21N3O5. The van der Waals surface area contributed by atoms with Crippen LogP contribution in [0.2, 0.25) is 0 Å². The maximum atomic E-state index is 11.9. The number of hydrogen-bond donors (Lipinski definition) is 1. The van der Waals surface area contributed by atoms with Gasteiger partial charge in [0.1, 0.15) is 6.61 Å². The molecule has 0 aliphatic carbocycles. The fraction of sp³-hybridized carbons (Fsp3) is 0.471. The van der Waals surface area contributed by atoms with Crippen molar-refractivity contribution in [3.8, 4) is 0 Å². The molecule has 8 nitrogen and oxygen atoms in total. The summed E-state index contributed by atoms with van der Waals surface area (Å²) in [5.41, 5.74) is 1.59. The third-order valence-electron chi connectivity index (χ3n) is 4.04. The fourth-order valence-electron chi connectivity index (χ4n) is 2.85. The zero-order valence-corrected chi connectivity index (χ0v) is 14.0. The Morgan fingerprint density at radius 3 is 2.76 bits per heavy atom. The van der Waals surface area contributed by atoms with Crippen LogP contribution in [0, 0.1) is 0 Å². The van der Waals surface area contributed by atoms with E-state index in [0.717, 1.165) is 11.4 Å². The normalized spacial score (nSPS) is 24.3. The number of amides is 1. The quantitative estimate of drug-likeness (QED) is 0.765. The lowest BCUT2D eigenvalue weighted by Crippen LogP contribution is -2.41. The molecular weight excluding hydrogens is 326 g/mol. The number of anilines is 2. The summed E-state index contributed by atoms with van der Waals surface area (Å²) in [4.78, 5) is 30.1. The molecule has 3 rings (SSSR count). The predicted molar refractivity (Wildman–Crippen MR) is 91.9 cm³/mol. The van der Waals surface area contributed by atoms with E-state index < -0.39 is 6.41 Å². The summed E-state index contributed by atoms with van der Waals surface area (Å²) < 4.78 is 10.6. The molecule has 134 valence electrons. The minimum absolute atomic E-state index is 0.0630. The summed E-state index contributed by atoms with van der Waals surface area (Å²) in [7, 11) is 0. The number of benzene rings is 1. The van der Waals surface area contributed by atoms with Gasteiger partial charge in [0, 0.05) is 24.8 Å². The number of Topliss-reactive ketones (excluding diaryl/α,β-unsaturated/α-hetero) is 1. The number of aliphatic hydroxyl groups excluding tert-OH is 1. The molecule has 2 aliphatic heterocycles. The topological polar surface area (TPSA) is 91.7 Å². The Morgan fingerprint density at radius 2 is 2.08 bits per heavy atom. The van der Waals surface area contributed by atoms with Crippen LogP contribution in [0.3, 0.4) is 0 Å². The van der Waals surface area contributed by atoms with Crippen LogP contribution in [0.15, 0.2) is 29.3 Å². The van der Waals surface area contributed by atoms with Gasteiger partial charge >= 0.3 is 0 Å². The molecule has 2 unspecified atom stereocenters. The predicted octanol–water partition coefficient (Wildman–Crippen LogP) is 0.191. The molecule has 2 aliphatic rings. The second-order valence-corrected chi connectivity index (χ2v) is 5.96. The van der Waals surface area contributed by atoms with Crippen LogP contribution in [-0.2, 0) is 19.1 Å².